The summed E-state index contributed by atoms with van der Waals surface area (Å²) in [5.74, 6) is -0.301. The summed E-state index contributed by atoms with van der Waals surface area (Å²) in [5.41, 5.74) is 8.85. The Morgan fingerprint density at radius 2 is 1.45 bits per heavy atom. The van der Waals surface area contributed by atoms with E-state index >= 15 is 0 Å². The number of carbonyl (C=O) groups is 2. The van der Waals surface area contributed by atoms with E-state index in [4.69, 9.17) is 5.73 Å². The third-order valence-corrected chi connectivity index (χ3v) is 5.06. The second-order valence-corrected chi connectivity index (χ2v) is 8.91. The van der Waals surface area contributed by atoms with Crippen LogP contribution in [0.5, 0.6) is 0 Å². The van der Waals surface area contributed by atoms with Crippen molar-refractivity contribution in [1.82, 2.24) is 5.32 Å². The fourth-order valence-electron chi connectivity index (χ4n) is 3.18. The van der Waals surface area contributed by atoms with Gasteiger partial charge in [0.25, 0.3) is 0 Å². The zero-order valence-electron chi connectivity index (χ0n) is 18.2. The molecule has 2 rings (SSSR count). The second-order valence-electron chi connectivity index (χ2n) is 8.91. The van der Waals surface area contributed by atoms with Crippen LogP contribution in [0, 0.1) is 5.92 Å². The van der Waals surface area contributed by atoms with E-state index in [9.17, 15) is 9.59 Å². The van der Waals surface area contributed by atoms with Gasteiger partial charge in [0.15, 0.2) is 0 Å². The highest BCUT2D eigenvalue weighted by molar-refractivity contribution is 5.96. The molecule has 0 unspecified atom stereocenters. The molecule has 0 aliphatic heterocycles. The van der Waals surface area contributed by atoms with Crippen LogP contribution in [0.4, 0.5) is 5.69 Å². The Balaban J connectivity index is 2.07. The van der Waals surface area contributed by atoms with Gasteiger partial charge in [-0.2, -0.15) is 0 Å². The molecule has 2 amide bonds. The summed E-state index contributed by atoms with van der Waals surface area (Å²) in [4.78, 5) is 23.8. The molecule has 2 aromatic rings. The van der Waals surface area contributed by atoms with Crippen molar-refractivity contribution in [3.8, 4) is 0 Å². The summed E-state index contributed by atoms with van der Waals surface area (Å²) in [6.07, 6.45) is 0. The van der Waals surface area contributed by atoms with Crippen LogP contribution >= 0.6 is 0 Å². The van der Waals surface area contributed by atoms with Crippen molar-refractivity contribution in [3.63, 3.8) is 0 Å². The van der Waals surface area contributed by atoms with Crippen LogP contribution in [0.2, 0.25) is 0 Å². The van der Waals surface area contributed by atoms with E-state index in [2.05, 4.69) is 69.5 Å². The summed E-state index contributed by atoms with van der Waals surface area (Å²) >= 11 is 0. The van der Waals surface area contributed by atoms with E-state index in [-0.39, 0.29) is 23.4 Å². The molecule has 0 fully saturated rings. The molecule has 5 heteroatoms. The topological polar surface area (TPSA) is 84.2 Å². The average molecular weight is 396 g/mol. The van der Waals surface area contributed by atoms with Gasteiger partial charge in [0.1, 0.15) is 0 Å². The van der Waals surface area contributed by atoms with Crippen LogP contribution in [-0.2, 0) is 10.2 Å². The minimum Gasteiger partial charge on any atom is -0.366 e. The Morgan fingerprint density at radius 3 is 1.90 bits per heavy atom. The van der Waals surface area contributed by atoms with Gasteiger partial charge < -0.3 is 11.1 Å². The van der Waals surface area contributed by atoms with E-state index in [1.807, 2.05) is 6.92 Å². The Bertz CT molecular complexity index is 834. The third kappa shape index (κ3) is 6.16. The van der Waals surface area contributed by atoms with Gasteiger partial charge in [0.2, 0.25) is 11.8 Å². The second kappa shape index (κ2) is 9.23. The molecule has 0 aromatic heterocycles. The number of amides is 2. The number of nitrogens with two attached hydrogens (primary N) is 1. The molecule has 0 spiro atoms. The molecule has 2 atom stereocenters. The van der Waals surface area contributed by atoms with Crippen LogP contribution in [0.25, 0.3) is 0 Å². The van der Waals surface area contributed by atoms with Crippen molar-refractivity contribution in [3.05, 3.63) is 65.2 Å². The lowest BCUT2D eigenvalue weighted by Crippen LogP contribution is -2.41. The predicted octanol–water partition coefficient (Wildman–Crippen LogP) is 4.40. The smallest absolute Gasteiger partial charge is 0.248 e. The fourth-order valence-corrected chi connectivity index (χ4v) is 3.18. The Kier molecular flexibility index (Phi) is 7.20. The van der Waals surface area contributed by atoms with Crippen molar-refractivity contribution in [1.29, 1.82) is 0 Å². The third-order valence-electron chi connectivity index (χ3n) is 5.06. The number of carbonyl (C=O) groups excluding carboxylic acids is 2. The first kappa shape index (κ1) is 22.6. The molecular weight excluding hydrogens is 362 g/mol. The molecule has 29 heavy (non-hydrogen) atoms. The van der Waals surface area contributed by atoms with Crippen molar-refractivity contribution in [2.24, 2.45) is 11.7 Å². The standard InChI is InChI=1S/C24H33N3O2/c1-15(2)21(17-7-11-19(12-8-17)24(4,5)6)26-16(3)23(29)27-20-13-9-18(10-14-20)22(25)28/h7-16,21,26H,1-6H3,(H2,25,28)(H,27,29)/t16-,21+/m1/s1. The van der Waals surface area contributed by atoms with Crippen LogP contribution in [0.3, 0.4) is 0 Å². The van der Waals surface area contributed by atoms with Gasteiger partial charge >= 0.3 is 0 Å². The number of benzene rings is 2. The van der Waals surface area contributed by atoms with E-state index in [0.29, 0.717) is 17.2 Å². The minimum absolute atomic E-state index is 0.0574. The van der Waals surface area contributed by atoms with Crippen molar-refractivity contribution in [2.45, 2.75) is 59.0 Å². The molecule has 156 valence electrons. The van der Waals surface area contributed by atoms with Crippen LogP contribution in [0.1, 0.15) is 69.1 Å². The maximum atomic E-state index is 12.6. The van der Waals surface area contributed by atoms with Gasteiger partial charge in [-0.1, -0.05) is 58.9 Å². The summed E-state index contributed by atoms with van der Waals surface area (Å²) in [7, 11) is 0. The van der Waals surface area contributed by atoms with Crippen LogP contribution in [0.15, 0.2) is 48.5 Å². The van der Waals surface area contributed by atoms with Crippen molar-refractivity contribution >= 4 is 17.5 Å². The first-order chi connectivity index (χ1) is 13.5. The van der Waals surface area contributed by atoms with E-state index in [1.165, 1.54) is 11.1 Å². The van der Waals surface area contributed by atoms with E-state index in [1.54, 1.807) is 24.3 Å². The maximum Gasteiger partial charge on any atom is 0.248 e. The summed E-state index contributed by atoms with van der Waals surface area (Å²) in [5, 5.41) is 6.33. The highest BCUT2D eigenvalue weighted by Crippen LogP contribution is 2.27. The molecule has 0 radical (unpaired) electrons. The summed E-state index contributed by atoms with van der Waals surface area (Å²) < 4.78 is 0. The Morgan fingerprint density at radius 1 is 0.897 bits per heavy atom. The number of anilines is 1. The minimum atomic E-state index is -0.491. The van der Waals surface area contributed by atoms with Gasteiger partial charge in [0.05, 0.1) is 6.04 Å². The van der Waals surface area contributed by atoms with Gasteiger partial charge in [-0.3, -0.25) is 14.9 Å². The van der Waals surface area contributed by atoms with Gasteiger partial charge in [-0.25, -0.2) is 0 Å². The molecule has 0 bridgehead atoms. The molecular formula is C24H33N3O2. The molecule has 0 saturated carbocycles. The first-order valence-corrected chi connectivity index (χ1v) is 10.1. The molecule has 0 saturated heterocycles. The number of hydrogen-bond donors (Lipinski definition) is 3. The van der Waals surface area contributed by atoms with Crippen LogP contribution < -0.4 is 16.4 Å². The zero-order valence-corrected chi connectivity index (χ0v) is 18.2. The van der Waals surface area contributed by atoms with E-state index < -0.39 is 5.91 Å². The molecule has 2 aromatic carbocycles. The normalized spacial score (nSPS) is 13.8. The molecule has 5 nitrogen and oxygen atoms in total. The number of hydrogen-bond acceptors (Lipinski definition) is 3. The highest BCUT2D eigenvalue weighted by atomic mass is 16.2. The number of primary amides is 1. The predicted molar refractivity (Wildman–Crippen MR) is 119 cm³/mol. The Hall–Kier alpha value is -2.66. The average Bonchev–Trinajstić information content (AvgIpc) is 2.65. The summed E-state index contributed by atoms with van der Waals surface area (Å²) in [6.45, 7) is 12.7. The number of rotatable bonds is 7. The monoisotopic (exact) mass is 395 g/mol. The lowest BCUT2D eigenvalue weighted by atomic mass is 9.85. The SMILES string of the molecule is CC(C)[C@H](N[C@H](C)C(=O)Nc1ccc(C(N)=O)cc1)c1ccc(C(C)(C)C)cc1. The number of nitrogens with one attached hydrogen (secondary N) is 2. The highest BCUT2D eigenvalue weighted by Gasteiger charge is 2.23. The maximum absolute atomic E-state index is 12.6. The molecule has 0 heterocycles. The largest absolute Gasteiger partial charge is 0.366 e. The van der Waals surface area contributed by atoms with Crippen LogP contribution in [-0.4, -0.2) is 17.9 Å². The molecule has 4 N–H and O–H groups in total. The summed E-state index contributed by atoms with van der Waals surface area (Å²) in [6, 6.07) is 14.8. The molecule has 0 aliphatic rings. The first-order valence-electron chi connectivity index (χ1n) is 10.1. The fraction of sp³-hybridized carbons (Fsp3) is 0.417. The van der Waals surface area contributed by atoms with E-state index in [0.717, 1.165) is 0 Å². The Labute approximate surface area is 174 Å². The lowest BCUT2D eigenvalue weighted by molar-refractivity contribution is -0.118. The quantitative estimate of drug-likeness (QED) is 0.650. The van der Waals surface area contributed by atoms with Gasteiger partial charge in [0, 0.05) is 17.3 Å². The zero-order chi connectivity index (χ0) is 21.8. The van der Waals surface area contributed by atoms with Crippen molar-refractivity contribution < 1.29 is 9.59 Å². The lowest BCUT2D eigenvalue weighted by Gasteiger charge is -2.27. The van der Waals surface area contributed by atoms with Gasteiger partial charge in [-0.15, -0.1) is 0 Å². The van der Waals surface area contributed by atoms with Crippen molar-refractivity contribution in [2.75, 3.05) is 5.32 Å². The van der Waals surface area contributed by atoms with Gasteiger partial charge in [-0.05, 0) is 53.6 Å². The molecule has 0 aliphatic carbocycles.